The standard InChI is InChI=1S/C21H21N3O2/c25-20-9-3-5-15(20)13-23-21(26)17-11-19(14-6-4-10-22-12-14)24-18-8-2-1-7-16(17)18/h1-2,4,6-8,10-12,15,20,25H,3,5,9,13H2,(H,23,26). The van der Waals surface area contributed by atoms with E-state index in [4.69, 9.17) is 0 Å². The molecule has 1 saturated carbocycles. The molecule has 1 fully saturated rings. The molecule has 5 heteroatoms. The van der Waals surface area contributed by atoms with Gasteiger partial charge in [-0.1, -0.05) is 24.6 Å². The average Bonchev–Trinajstić information content (AvgIpc) is 3.10. The van der Waals surface area contributed by atoms with Gasteiger partial charge < -0.3 is 10.4 Å². The van der Waals surface area contributed by atoms with Gasteiger partial charge in [0, 0.05) is 35.8 Å². The van der Waals surface area contributed by atoms with Crippen LogP contribution in [0.2, 0.25) is 0 Å². The van der Waals surface area contributed by atoms with Gasteiger partial charge in [0.15, 0.2) is 0 Å². The number of aliphatic hydroxyl groups excluding tert-OH is 1. The SMILES string of the molecule is O=C(NCC1CCCC1O)c1cc(-c2cccnc2)nc2ccccc12. The van der Waals surface area contributed by atoms with E-state index in [1.165, 1.54) is 0 Å². The molecule has 1 aliphatic carbocycles. The van der Waals surface area contributed by atoms with E-state index < -0.39 is 0 Å². The number of benzene rings is 1. The maximum Gasteiger partial charge on any atom is 0.252 e. The molecule has 4 rings (SSSR count). The first-order chi connectivity index (χ1) is 12.7. The molecule has 26 heavy (non-hydrogen) atoms. The molecule has 2 atom stereocenters. The summed E-state index contributed by atoms with van der Waals surface area (Å²) in [6.07, 6.45) is 5.95. The molecule has 0 spiro atoms. The van der Waals surface area contributed by atoms with Crippen molar-refractivity contribution < 1.29 is 9.90 Å². The van der Waals surface area contributed by atoms with Crippen LogP contribution < -0.4 is 5.32 Å². The molecule has 2 heterocycles. The third kappa shape index (κ3) is 3.30. The molecule has 2 unspecified atom stereocenters. The van der Waals surface area contributed by atoms with E-state index in [1.54, 1.807) is 12.4 Å². The van der Waals surface area contributed by atoms with Crippen molar-refractivity contribution in [1.82, 2.24) is 15.3 Å². The second-order valence-electron chi connectivity index (χ2n) is 6.78. The van der Waals surface area contributed by atoms with Gasteiger partial charge in [0.1, 0.15) is 0 Å². The number of pyridine rings is 2. The number of rotatable bonds is 4. The normalized spacial score (nSPS) is 19.6. The summed E-state index contributed by atoms with van der Waals surface area (Å²) in [7, 11) is 0. The summed E-state index contributed by atoms with van der Waals surface area (Å²) >= 11 is 0. The van der Waals surface area contributed by atoms with Crippen molar-refractivity contribution in [2.45, 2.75) is 25.4 Å². The van der Waals surface area contributed by atoms with Crippen molar-refractivity contribution in [3.63, 3.8) is 0 Å². The quantitative estimate of drug-likeness (QED) is 0.760. The number of aromatic nitrogens is 2. The van der Waals surface area contributed by atoms with Crippen LogP contribution in [0.25, 0.3) is 22.2 Å². The first-order valence-corrected chi connectivity index (χ1v) is 8.99. The number of nitrogens with one attached hydrogen (secondary N) is 1. The highest BCUT2D eigenvalue weighted by Gasteiger charge is 2.25. The number of carbonyl (C=O) groups is 1. The Balaban J connectivity index is 1.67. The Morgan fingerprint density at radius 2 is 2.08 bits per heavy atom. The number of carbonyl (C=O) groups excluding carboxylic acids is 1. The summed E-state index contributed by atoms with van der Waals surface area (Å²) in [5, 5.41) is 13.8. The fourth-order valence-electron chi connectivity index (χ4n) is 3.60. The molecular weight excluding hydrogens is 326 g/mol. The summed E-state index contributed by atoms with van der Waals surface area (Å²) in [5.41, 5.74) is 2.98. The summed E-state index contributed by atoms with van der Waals surface area (Å²) in [6, 6.07) is 13.2. The van der Waals surface area contributed by atoms with Gasteiger partial charge in [0.2, 0.25) is 0 Å². The number of amides is 1. The summed E-state index contributed by atoms with van der Waals surface area (Å²) < 4.78 is 0. The van der Waals surface area contributed by atoms with E-state index in [9.17, 15) is 9.90 Å². The Hall–Kier alpha value is -2.79. The molecule has 0 aliphatic heterocycles. The first kappa shape index (κ1) is 16.7. The van der Waals surface area contributed by atoms with Gasteiger partial charge in [-0.3, -0.25) is 9.78 Å². The lowest BCUT2D eigenvalue weighted by atomic mass is 10.0. The van der Waals surface area contributed by atoms with Crippen LogP contribution in [0, 0.1) is 5.92 Å². The van der Waals surface area contributed by atoms with Gasteiger partial charge in [-0.25, -0.2) is 4.98 Å². The summed E-state index contributed by atoms with van der Waals surface area (Å²) in [4.78, 5) is 21.7. The third-order valence-corrected chi connectivity index (χ3v) is 5.06. The molecule has 132 valence electrons. The van der Waals surface area contributed by atoms with E-state index in [-0.39, 0.29) is 17.9 Å². The third-order valence-electron chi connectivity index (χ3n) is 5.06. The molecular formula is C21H21N3O2. The van der Waals surface area contributed by atoms with Crippen LogP contribution in [0.5, 0.6) is 0 Å². The highest BCUT2D eigenvalue weighted by molar-refractivity contribution is 6.07. The van der Waals surface area contributed by atoms with Crippen molar-refractivity contribution in [3.05, 3.63) is 60.4 Å². The fraction of sp³-hybridized carbons (Fsp3) is 0.286. The Morgan fingerprint density at radius 1 is 1.19 bits per heavy atom. The van der Waals surface area contributed by atoms with Gasteiger partial charge in [0.05, 0.1) is 22.9 Å². The number of nitrogens with zero attached hydrogens (tertiary/aromatic N) is 2. The van der Waals surface area contributed by atoms with Crippen LogP contribution in [-0.2, 0) is 0 Å². The zero-order valence-electron chi connectivity index (χ0n) is 14.4. The Kier molecular flexibility index (Phi) is 4.63. The van der Waals surface area contributed by atoms with Crippen LogP contribution in [0.4, 0.5) is 0 Å². The zero-order valence-corrected chi connectivity index (χ0v) is 14.4. The average molecular weight is 347 g/mol. The van der Waals surface area contributed by atoms with Crippen LogP contribution in [-0.4, -0.2) is 33.6 Å². The molecule has 3 aromatic rings. The highest BCUT2D eigenvalue weighted by atomic mass is 16.3. The van der Waals surface area contributed by atoms with Crippen LogP contribution in [0.1, 0.15) is 29.6 Å². The minimum atomic E-state index is -0.310. The Labute approximate surface area is 152 Å². The van der Waals surface area contributed by atoms with Crippen molar-refractivity contribution in [1.29, 1.82) is 0 Å². The largest absolute Gasteiger partial charge is 0.393 e. The Bertz CT molecular complexity index is 927. The molecule has 1 aliphatic rings. The van der Waals surface area contributed by atoms with Gasteiger partial charge in [-0.15, -0.1) is 0 Å². The predicted molar refractivity (Wildman–Crippen MR) is 101 cm³/mol. The molecule has 2 N–H and O–H groups in total. The predicted octanol–water partition coefficient (Wildman–Crippen LogP) is 3.19. The lowest BCUT2D eigenvalue weighted by Crippen LogP contribution is -2.32. The number of para-hydroxylation sites is 1. The van der Waals surface area contributed by atoms with E-state index in [2.05, 4.69) is 15.3 Å². The van der Waals surface area contributed by atoms with Crippen LogP contribution in [0.15, 0.2) is 54.9 Å². The molecule has 0 saturated heterocycles. The van der Waals surface area contributed by atoms with E-state index in [0.29, 0.717) is 12.1 Å². The molecule has 2 aromatic heterocycles. The zero-order chi connectivity index (χ0) is 17.9. The maximum atomic E-state index is 12.9. The highest BCUT2D eigenvalue weighted by Crippen LogP contribution is 2.26. The molecule has 0 bridgehead atoms. The minimum absolute atomic E-state index is 0.132. The molecule has 0 radical (unpaired) electrons. The fourth-order valence-corrected chi connectivity index (χ4v) is 3.60. The monoisotopic (exact) mass is 347 g/mol. The second kappa shape index (κ2) is 7.22. The topological polar surface area (TPSA) is 75.1 Å². The van der Waals surface area contributed by atoms with E-state index >= 15 is 0 Å². The Morgan fingerprint density at radius 3 is 2.85 bits per heavy atom. The lowest BCUT2D eigenvalue weighted by molar-refractivity contribution is 0.0918. The van der Waals surface area contributed by atoms with Crippen LogP contribution in [0.3, 0.4) is 0 Å². The van der Waals surface area contributed by atoms with Crippen LogP contribution >= 0.6 is 0 Å². The van der Waals surface area contributed by atoms with Crippen molar-refractivity contribution in [2.75, 3.05) is 6.54 Å². The van der Waals surface area contributed by atoms with Gasteiger partial charge in [0.25, 0.3) is 5.91 Å². The van der Waals surface area contributed by atoms with Gasteiger partial charge >= 0.3 is 0 Å². The van der Waals surface area contributed by atoms with Gasteiger partial charge in [-0.05, 0) is 37.1 Å². The molecule has 1 aromatic carbocycles. The number of hydrogen-bond donors (Lipinski definition) is 2. The van der Waals surface area contributed by atoms with Gasteiger partial charge in [-0.2, -0.15) is 0 Å². The summed E-state index contributed by atoms with van der Waals surface area (Å²) in [6.45, 7) is 0.499. The number of hydrogen-bond acceptors (Lipinski definition) is 4. The van der Waals surface area contributed by atoms with E-state index in [1.807, 2.05) is 42.5 Å². The first-order valence-electron chi connectivity index (χ1n) is 8.99. The molecule has 1 amide bonds. The second-order valence-corrected chi connectivity index (χ2v) is 6.78. The summed E-state index contributed by atoms with van der Waals surface area (Å²) in [5.74, 6) is 0.0117. The molecule has 5 nitrogen and oxygen atoms in total. The maximum absolute atomic E-state index is 12.9. The minimum Gasteiger partial charge on any atom is -0.393 e. The van der Waals surface area contributed by atoms with Crippen molar-refractivity contribution >= 4 is 16.8 Å². The number of aliphatic hydroxyl groups is 1. The smallest absolute Gasteiger partial charge is 0.252 e. The van der Waals surface area contributed by atoms with E-state index in [0.717, 1.165) is 41.4 Å². The lowest BCUT2D eigenvalue weighted by Gasteiger charge is -2.16. The van der Waals surface area contributed by atoms with Crippen molar-refractivity contribution in [2.24, 2.45) is 5.92 Å². The number of fused-ring (bicyclic) bond motifs is 1. The van der Waals surface area contributed by atoms with Crippen molar-refractivity contribution in [3.8, 4) is 11.3 Å².